The first-order valence-electron chi connectivity index (χ1n) is 9.55. The Hall–Kier alpha value is -2.67. The first-order valence-corrected chi connectivity index (χ1v) is 9.93. The lowest BCUT2D eigenvalue weighted by Gasteiger charge is -2.28. The van der Waals surface area contributed by atoms with Gasteiger partial charge >= 0.3 is 5.97 Å². The summed E-state index contributed by atoms with van der Waals surface area (Å²) in [5.41, 5.74) is 1.74. The lowest BCUT2D eigenvalue weighted by molar-refractivity contribution is -0.155. The molecule has 1 atom stereocenters. The highest BCUT2D eigenvalue weighted by atomic mass is 35.5. The molecule has 1 aromatic carbocycles. The van der Waals surface area contributed by atoms with Crippen molar-refractivity contribution in [3.8, 4) is 5.69 Å². The summed E-state index contributed by atoms with van der Waals surface area (Å²) in [4.78, 5) is 26.3. The van der Waals surface area contributed by atoms with Crippen LogP contribution in [0.1, 0.15) is 37.4 Å². The van der Waals surface area contributed by atoms with Crippen molar-refractivity contribution < 1.29 is 18.7 Å². The fraction of sp³-hybridized carbons (Fsp3) is 0.381. The van der Waals surface area contributed by atoms with Gasteiger partial charge in [0.25, 0.3) is 5.91 Å². The SMILES string of the molecule is Cc1nn(-c2ccc(F)cc2)c(Cl)c1/C=C/C(=O)O[C@H](C)C(=O)N1CCCCC1. The molecule has 1 amide bonds. The fourth-order valence-corrected chi connectivity index (χ4v) is 3.58. The Bertz CT molecular complexity index is 918. The van der Waals surface area contributed by atoms with Crippen LogP contribution in [-0.2, 0) is 14.3 Å². The van der Waals surface area contributed by atoms with Gasteiger partial charge in [-0.2, -0.15) is 5.10 Å². The van der Waals surface area contributed by atoms with Crippen LogP contribution in [0, 0.1) is 12.7 Å². The van der Waals surface area contributed by atoms with Gasteiger partial charge in [-0.3, -0.25) is 4.79 Å². The van der Waals surface area contributed by atoms with E-state index >= 15 is 0 Å². The number of hydrogen-bond donors (Lipinski definition) is 0. The zero-order valence-corrected chi connectivity index (χ0v) is 17.2. The monoisotopic (exact) mass is 419 g/mol. The molecule has 6 nitrogen and oxygen atoms in total. The maximum atomic E-state index is 13.1. The van der Waals surface area contributed by atoms with Crippen LogP contribution in [0.4, 0.5) is 4.39 Å². The molecule has 0 N–H and O–H groups in total. The first kappa shape index (κ1) is 21.0. The molecular weight excluding hydrogens is 397 g/mol. The Morgan fingerprint density at radius 2 is 1.86 bits per heavy atom. The topological polar surface area (TPSA) is 64.4 Å². The van der Waals surface area contributed by atoms with Gasteiger partial charge in [0.15, 0.2) is 6.10 Å². The summed E-state index contributed by atoms with van der Waals surface area (Å²) in [6.45, 7) is 4.73. The highest BCUT2D eigenvalue weighted by Gasteiger charge is 2.24. The van der Waals surface area contributed by atoms with Crippen LogP contribution in [0.15, 0.2) is 30.3 Å². The minimum atomic E-state index is -0.844. The van der Waals surface area contributed by atoms with Crippen molar-refractivity contribution in [2.75, 3.05) is 13.1 Å². The van der Waals surface area contributed by atoms with Gasteiger partial charge in [-0.05, 0) is 63.5 Å². The van der Waals surface area contributed by atoms with Crippen molar-refractivity contribution in [2.45, 2.75) is 39.2 Å². The van der Waals surface area contributed by atoms with Crippen molar-refractivity contribution in [1.29, 1.82) is 0 Å². The standard InChI is InChI=1S/C21H23ClFN3O3/c1-14-18(20(22)26(24-14)17-8-6-16(23)7-9-17)10-11-19(27)29-15(2)21(28)25-12-4-3-5-13-25/h6-11,15H,3-5,12-13H2,1-2H3/b11-10+/t15-/m1/s1. The molecule has 0 bridgehead atoms. The van der Waals surface area contributed by atoms with Gasteiger partial charge in [-0.25, -0.2) is 13.9 Å². The zero-order chi connectivity index (χ0) is 21.0. The second-order valence-corrected chi connectivity index (χ2v) is 7.33. The van der Waals surface area contributed by atoms with Crippen molar-refractivity contribution in [3.05, 3.63) is 52.6 Å². The van der Waals surface area contributed by atoms with Crippen LogP contribution < -0.4 is 0 Å². The molecule has 154 valence electrons. The predicted octanol–water partition coefficient (Wildman–Crippen LogP) is 3.93. The smallest absolute Gasteiger partial charge is 0.331 e. The van der Waals surface area contributed by atoms with Gasteiger partial charge in [0.2, 0.25) is 0 Å². The number of halogens is 2. The van der Waals surface area contributed by atoms with E-state index in [4.69, 9.17) is 16.3 Å². The van der Waals surface area contributed by atoms with Crippen LogP contribution in [0.5, 0.6) is 0 Å². The summed E-state index contributed by atoms with van der Waals surface area (Å²) in [5.74, 6) is -1.16. The number of aromatic nitrogens is 2. The lowest BCUT2D eigenvalue weighted by atomic mass is 10.1. The largest absolute Gasteiger partial charge is 0.449 e. The number of aryl methyl sites for hydroxylation is 1. The summed E-state index contributed by atoms with van der Waals surface area (Å²) in [6, 6.07) is 5.75. The third kappa shape index (κ3) is 5.03. The van der Waals surface area contributed by atoms with Crippen molar-refractivity contribution >= 4 is 29.6 Å². The number of ether oxygens (including phenoxy) is 1. The number of hydrogen-bond acceptors (Lipinski definition) is 4. The minimum Gasteiger partial charge on any atom is -0.449 e. The van der Waals surface area contributed by atoms with Crippen LogP contribution in [0.25, 0.3) is 11.8 Å². The molecule has 29 heavy (non-hydrogen) atoms. The number of carbonyl (C=O) groups excluding carboxylic acids is 2. The molecule has 1 aromatic heterocycles. The van der Waals surface area contributed by atoms with Crippen LogP contribution in [-0.4, -0.2) is 45.8 Å². The number of piperidine rings is 1. The van der Waals surface area contributed by atoms with E-state index < -0.39 is 12.1 Å². The molecule has 2 heterocycles. The fourth-order valence-electron chi connectivity index (χ4n) is 3.24. The number of rotatable bonds is 5. The second kappa shape index (κ2) is 9.22. The van der Waals surface area contributed by atoms with Crippen LogP contribution in [0.3, 0.4) is 0 Å². The number of nitrogens with zero attached hydrogens (tertiary/aromatic N) is 3. The lowest BCUT2D eigenvalue weighted by Crippen LogP contribution is -2.42. The van der Waals surface area contributed by atoms with Gasteiger partial charge in [0, 0.05) is 24.7 Å². The van der Waals surface area contributed by atoms with Crippen LogP contribution >= 0.6 is 11.6 Å². The third-order valence-electron chi connectivity index (χ3n) is 4.81. The maximum Gasteiger partial charge on any atom is 0.331 e. The predicted molar refractivity (Wildman–Crippen MR) is 108 cm³/mol. The molecule has 1 fully saturated rings. The van der Waals surface area contributed by atoms with Gasteiger partial charge in [-0.15, -0.1) is 0 Å². The highest BCUT2D eigenvalue weighted by molar-refractivity contribution is 6.31. The average molecular weight is 420 g/mol. The van der Waals surface area contributed by atoms with Crippen molar-refractivity contribution in [1.82, 2.24) is 14.7 Å². The zero-order valence-electron chi connectivity index (χ0n) is 16.4. The molecule has 1 aliphatic rings. The molecule has 2 aromatic rings. The molecule has 0 saturated carbocycles. The summed E-state index contributed by atoms with van der Waals surface area (Å²) in [7, 11) is 0. The molecule has 0 spiro atoms. The molecule has 8 heteroatoms. The number of esters is 1. The maximum absolute atomic E-state index is 13.1. The van der Waals surface area contributed by atoms with E-state index in [1.807, 2.05) is 0 Å². The molecule has 1 aliphatic heterocycles. The Labute approximate surface area is 173 Å². The third-order valence-corrected chi connectivity index (χ3v) is 5.18. The number of likely N-dealkylation sites (tertiary alicyclic amines) is 1. The second-order valence-electron chi connectivity index (χ2n) is 6.98. The molecule has 3 rings (SSSR count). The van der Waals surface area contributed by atoms with E-state index in [-0.39, 0.29) is 16.9 Å². The number of amides is 1. The molecular formula is C21H23ClFN3O3. The summed E-state index contributed by atoms with van der Waals surface area (Å²) < 4.78 is 19.8. The van der Waals surface area contributed by atoms with Gasteiger partial charge in [-0.1, -0.05) is 11.6 Å². The Morgan fingerprint density at radius 1 is 1.21 bits per heavy atom. The molecule has 0 radical (unpaired) electrons. The van der Waals surface area contributed by atoms with Crippen LogP contribution in [0.2, 0.25) is 5.15 Å². The average Bonchev–Trinajstić information content (AvgIpc) is 3.00. The number of carbonyl (C=O) groups is 2. The van der Waals surface area contributed by atoms with Crippen molar-refractivity contribution in [3.63, 3.8) is 0 Å². The van der Waals surface area contributed by atoms with E-state index in [0.717, 1.165) is 19.3 Å². The van der Waals surface area contributed by atoms with Gasteiger partial charge < -0.3 is 9.64 Å². The molecule has 1 saturated heterocycles. The van der Waals surface area contributed by atoms with Gasteiger partial charge in [0.05, 0.1) is 11.4 Å². The summed E-state index contributed by atoms with van der Waals surface area (Å²) in [5, 5.41) is 4.62. The highest BCUT2D eigenvalue weighted by Crippen LogP contribution is 2.25. The summed E-state index contributed by atoms with van der Waals surface area (Å²) >= 11 is 6.39. The Kier molecular flexibility index (Phi) is 6.69. The Morgan fingerprint density at radius 3 is 2.52 bits per heavy atom. The number of benzene rings is 1. The van der Waals surface area contributed by atoms with E-state index in [1.54, 1.807) is 30.9 Å². The van der Waals surface area contributed by atoms with E-state index in [0.29, 0.717) is 30.0 Å². The Balaban J connectivity index is 1.67. The minimum absolute atomic E-state index is 0.176. The van der Waals surface area contributed by atoms with E-state index in [2.05, 4.69) is 5.10 Å². The quantitative estimate of drug-likeness (QED) is 0.544. The van der Waals surface area contributed by atoms with Gasteiger partial charge in [0.1, 0.15) is 11.0 Å². The first-order chi connectivity index (χ1) is 13.9. The van der Waals surface area contributed by atoms with Crippen molar-refractivity contribution in [2.24, 2.45) is 0 Å². The van der Waals surface area contributed by atoms with E-state index in [1.165, 1.54) is 29.0 Å². The normalized spacial score (nSPS) is 15.5. The summed E-state index contributed by atoms with van der Waals surface area (Å²) in [6.07, 6.45) is 4.95. The van der Waals surface area contributed by atoms with E-state index in [9.17, 15) is 14.0 Å². The molecule has 0 unspecified atom stereocenters. The molecule has 0 aliphatic carbocycles.